The van der Waals surface area contributed by atoms with Crippen LogP contribution in [0, 0.1) is 23.3 Å². The highest BCUT2D eigenvalue weighted by Crippen LogP contribution is 2.25. The maximum Gasteiger partial charge on any atom is 0.257 e. The zero-order valence-electron chi connectivity index (χ0n) is 9.86. The van der Waals surface area contributed by atoms with Gasteiger partial charge < -0.3 is 5.32 Å². The Hall–Kier alpha value is -1.86. The zero-order chi connectivity index (χ0) is 15.7. The van der Waals surface area contributed by atoms with Gasteiger partial charge in [0.05, 0.1) is 10.6 Å². The molecule has 0 fully saturated rings. The summed E-state index contributed by atoms with van der Waals surface area (Å²) in [5, 5.41) is 1.56. The van der Waals surface area contributed by atoms with Gasteiger partial charge in [-0.2, -0.15) is 0 Å². The van der Waals surface area contributed by atoms with Gasteiger partial charge >= 0.3 is 0 Å². The molecule has 9 heteroatoms. The van der Waals surface area contributed by atoms with Crippen LogP contribution in [0.3, 0.4) is 0 Å². The lowest BCUT2D eigenvalue weighted by atomic mass is 10.2. The molecule has 1 heterocycles. The SMILES string of the molecule is O=C(Nc1c(F)c(F)cc(F)c1F)c1cnc(Cl)c(Cl)c1. The number of carbonyl (C=O) groups is 1. The molecule has 0 unspecified atom stereocenters. The van der Waals surface area contributed by atoms with Crippen LogP contribution in [0.15, 0.2) is 18.3 Å². The lowest BCUT2D eigenvalue weighted by Gasteiger charge is -2.09. The molecule has 3 nitrogen and oxygen atoms in total. The molecule has 1 amide bonds. The van der Waals surface area contributed by atoms with Gasteiger partial charge in [-0.25, -0.2) is 22.5 Å². The molecule has 1 N–H and O–H groups in total. The van der Waals surface area contributed by atoms with Crippen LogP contribution in [-0.2, 0) is 0 Å². The summed E-state index contributed by atoms with van der Waals surface area (Å²) in [5.41, 5.74) is -1.45. The standard InChI is InChI=1S/C12H4Cl2F4N2O/c13-5-1-4(3-19-11(5)14)12(21)20-10-8(17)6(15)2-7(16)9(10)18/h1-3H,(H,20,21). The molecule has 1 aromatic heterocycles. The topological polar surface area (TPSA) is 42.0 Å². The number of halogens is 6. The third-order valence-corrected chi connectivity index (χ3v) is 3.09. The Kier molecular flexibility index (Phi) is 4.34. The smallest absolute Gasteiger partial charge is 0.257 e. The summed E-state index contributed by atoms with van der Waals surface area (Å²) in [6.07, 6.45) is 0.981. The molecule has 0 bridgehead atoms. The summed E-state index contributed by atoms with van der Waals surface area (Å²) in [7, 11) is 0. The van der Waals surface area contributed by atoms with Gasteiger partial charge in [-0.1, -0.05) is 23.2 Å². The van der Waals surface area contributed by atoms with Crippen molar-refractivity contribution < 1.29 is 22.4 Å². The number of nitrogens with zero attached hydrogens (tertiary/aromatic N) is 1. The Labute approximate surface area is 125 Å². The first-order valence-electron chi connectivity index (χ1n) is 5.26. The minimum atomic E-state index is -1.73. The van der Waals surface area contributed by atoms with Gasteiger partial charge in [-0.05, 0) is 6.07 Å². The number of rotatable bonds is 2. The first-order chi connectivity index (χ1) is 9.81. The lowest BCUT2D eigenvalue weighted by molar-refractivity contribution is 0.102. The van der Waals surface area contributed by atoms with E-state index in [4.69, 9.17) is 23.2 Å². The third-order valence-electron chi connectivity index (χ3n) is 2.41. The van der Waals surface area contributed by atoms with Crippen LogP contribution in [0.1, 0.15) is 10.4 Å². The van der Waals surface area contributed by atoms with Crippen molar-refractivity contribution in [2.75, 3.05) is 5.32 Å². The van der Waals surface area contributed by atoms with Crippen LogP contribution < -0.4 is 5.32 Å². The molecule has 2 aromatic rings. The monoisotopic (exact) mass is 338 g/mol. The number of aromatic nitrogens is 1. The second-order valence-corrected chi connectivity index (χ2v) is 4.56. The molecular weight excluding hydrogens is 335 g/mol. The number of carbonyl (C=O) groups excluding carboxylic acids is 1. The van der Waals surface area contributed by atoms with Crippen molar-refractivity contribution >= 4 is 34.8 Å². The fourth-order valence-electron chi connectivity index (χ4n) is 1.41. The van der Waals surface area contributed by atoms with E-state index in [-0.39, 0.29) is 21.8 Å². The fourth-order valence-corrected chi connectivity index (χ4v) is 1.68. The molecular formula is C12H4Cl2F4N2O. The van der Waals surface area contributed by atoms with Crippen molar-refractivity contribution in [1.82, 2.24) is 4.98 Å². The predicted molar refractivity (Wildman–Crippen MR) is 68.5 cm³/mol. The van der Waals surface area contributed by atoms with E-state index in [0.717, 1.165) is 12.3 Å². The molecule has 21 heavy (non-hydrogen) atoms. The highest BCUT2D eigenvalue weighted by Gasteiger charge is 2.21. The number of pyridine rings is 1. The van der Waals surface area contributed by atoms with E-state index in [1.807, 2.05) is 0 Å². The highest BCUT2D eigenvalue weighted by atomic mass is 35.5. The van der Waals surface area contributed by atoms with Crippen LogP contribution >= 0.6 is 23.2 Å². The summed E-state index contributed by atoms with van der Waals surface area (Å²) in [6, 6.07) is 1.11. The second kappa shape index (κ2) is 5.87. The summed E-state index contributed by atoms with van der Waals surface area (Å²) in [5.74, 6) is -7.80. The summed E-state index contributed by atoms with van der Waals surface area (Å²) < 4.78 is 52.8. The van der Waals surface area contributed by atoms with E-state index in [1.54, 1.807) is 5.32 Å². The number of benzene rings is 1. The maximum absolute atomic E-state index is 13.4. The normalized spacial score (nSPS) is 10.6. The van der Waals surface area contributed by atoms with Gasteiger partial charge in [0.2, 0.25) is 0 Å². The molecule has 0 aliphatic heterocycles. The van der Waals surface area contributed by atoms with Crippen LogP contribution in [-0.4, -0.2) is 10.9 Å². The van der Waals surface area contributed by atoms with Crippen LogP contribution in [0.5, 0.6) is 0 Å². The van der Waals surface area contributed by atoms with Crippen molar-refractivity contribution in [3.8, 4) is 0 Å². The number of nitrogens with one attached hydrogen (secondary N) is 1. The van der Waals surface area contributed by atoms with E-state index < -0.39 is 34.9 Å². The van der Waals surface area contributed by atoms with E-state index in [1.165, 1.54) is 0 Å². The largest absolute Gasteiger partial charge is 0.317 e. The number of amides is 1. The molecule has 0 aliphatic rings. The van der Waals surface area contributed by atoms with Crippen LogP contribution in [0.2, 0.25) is 10.2 Å². The second-order valence-electron chi connectivity index (χ2n) is 3.79. The predicted octanol–water partition coefficient (Wildman–Crippen LogP) is 4.20. The number of hydrogen-bond donors (Lipinski definition) is 1. The minimum absolute atomic E-state index is 0.0288. The average Bonchev–Trinajstić information content (AvgIpc) is 2.44. The summed E-state index contributed by atoms with van der Waals surface area (Å²) in [4.78, 5) is 15.3. The molecule has 2 rings (SSSR count). The Bertz CT molecular complexity index is 713. The Morgan fingerprint density at radius 2 is 1.62 bits per heavy atom. The van der Waals surface area contributed by atoms with E-state index in [0.29, 0.717) is 0 Å². The van der Waals surface area contributed by atoms with Gasteiger partial charge in [0.1, 0.15) is 10.8 Å². The highest BCUT2D eigenvalue weighted by molar-refractivity contribution is 6.41. The quantitative estimate of drug-likeness (QED) is 0.506. The molecule has 0 aliphatic carbocycles. The zero-order valence-corrected chi connectivity index (χ0v) is 11.4. The molecule has 0 radical (unpaired) electrons. The van der Waals surface area contributed by atoms with Gasteiger partial charge in [0, 0.05) is 12.3 Å². The van der Waals surface area contributed by atoms with E-state index in [9.17, 15) is 22.4 Å². The number of hydrogen-bond acceptors (Lipinski definition) is 2. The first kappa shape index (κ1) is 15.5. The van der Waals surface area contributed by atoms with Crippen LogP contribution in [0.4, 0.5) is 23.2 Å². The van der Waals surface area contributed by atoms with Crippen molar-refractivity contribution in [3.63, 3.8) is 0 Å². The van der Waals surface area contributed by atoms with Crippen LogP contribution in [0.25, 0.3) is 0 Å². The number of anilines is 1. The third kappa shape index (κ3) is 3.08. The average molecular weight is 339 g/mol. The minimum Gasteiger partial charge on any atom is -0.317 e. The van der Waals surface area contributed by atoms with Crippen molar-refractivity contribution in [2.45, 2.75) is 0 Å². The van der Waals surface area contributed by atoms with E-state index in [2.05, 4.69) is 4.98 Å². The Balaban J connectivity index is 2.38. The van der Waals surface area contributed by atoms with Gasteiger partial charge in [-0.15, -0.1) is 0 Å². The summed E-state index contributed by atoms with van der Waals surface area (Å²) >= 11 is 11.2. The Morgan fingerprint density at radius 3 is 2.14 bits per heavy atom. The van der Waals surface area contributed by atoms with Gasteiger partial charge in [0.15, 0.2) is 23.3 Å². The Morgan fingerprint density at radius 1 is 1.05 bits per heavy atom. The molecule has 1 aromatic carbocycles. The lowest BCUT2D eigenvalue weighted by Crippen LogP contribution is -2.16. The van der Waals surface area contributed by atoms with Gasteiger partial charge in [-0.3, -0.25) is 4.79 Å². The molecule has 0 saturated heterocycles. The molecule has 0 saturated carbocycles. The van der Waals surface area contributed by atoms with Gasteiger partial charge in [0.25, 0.3) is 5.91 Å². The van der Waals surface area contributed by atoms with Crippen molar-refractivity contribution in [3.05, 3.63) is 57.3 Å². The molecule has 0 spiro atoms. The van der Waals surface area contributed by atoms with Crippen molar-refractivity contribution in [1.29, 1.82) is 0 Å². The molecule has 0 atom stereocenters. The maximum atomic E-state index is 13.4. The van der Waals surface area contributed by atoms with Crippen molar-refractivity contribution in [2.24, 2.45) is 0 Å². The first-order valence-corrected chi connectivity index (χ1v) is 6.02. The van der Waals surface area contributed by atoms with E-state index >= 15 is 0 Å². The molecule has 110 valence electrons. The summed E-state index contributed by atoms with van der Waals surface area (Å²) in [6.45, 7) is 0. The fraction of sp³-hybridized carbons (Fsp3) is 0.